The molecule has 16 heavy (non-hydrogen) atoms. The molecule has 0 saturated carbocycles. The first-order chi connectivity index (χ1) is 7.68. The molecule has 0 unspecified atom stereocenters. The average molecular weight is 219 g/mol. The quantitative estimate of drug-likeness (QED) is 0.781. The van der Waals surface area contributed by atoms with E-state index < -0.39 is 0 Å². The van der Waals surface area contributed by atoms with E-state index in [1.165, 1.54) is 5.56 Å². The number of hydrogen-bond donors (Lipinski definition) is 0. The highest BCUT2D eigenvalue weighted by Crippen LogP contribution is 2.19. The number of carbonyl (C=O) groups excluding carboxylic acids is 1. The van der Waals surface area contributed by atoms with Crippen LogP contribution in [-0.2, 0) is 11.2 Å². The summed E-state index contributed by atoms with van der Waals surface area (Å²) in [5.41, 5.74) is 1.25. The molecule has 1 atom stereocenters. The van der Waals surface area contributed by atoms with Crippen LogP contribution in [0.25, 0.3) is 0 Å². The molecule has 1 aliphatic rings. The molecule has 1 heterocycles. The Balaban J connectivity index is 2.07. The molecule has 1 aromatic rings. The van der Waals surface area contributed by atoms with Crippen molar-refractivity contribution in [3.8, 4) is 0 Å². The van der Waals surface area contributed by atoms with Gasteiger partial charge in [0.05, 0.1) is 6.04 Å². The molecule has 0 aromatic heterocycles. The summed E-state index contributed by atoms with van der Waals surface area (Å²) in [4.78, 5) is 13.3. The molecule has 1 aromatic carbocycles. The van der Waals surface area contributed by atoms with Crippen LogP contribution in [0.5, 0.6) is 0 Å². The lowest BCUT2D eigenvalue weighted by molar-refractivity contribution is 0.149. The molecular formula is C13H17NO2. The molecule has 0 spiro atoms. The number of amides is 1. The lowest BCUT2D eigenvalue weighted by Gasteiger charge is -2.25. The van der Waals surface area contributed by atoms with Gasteiger partial charge in [-0.15, -0.1) is 0 Å². The maximum Gasteiger partial charge on any atom is 0.410 e. The Morgan fingerprint density at radius 3 is 2.69 bits per heavy atom. The molecule has 3 heteroatoms. The van der Waals surface area contributed by atoms with E-state index in [-0.39, 0.29) is 18.2 Å². The van der Waals surface area contributed by atoms with Crippen LogP contribution >= 0.6 is 0 Å². The van der Waals surface area contributed by atoms with Gasteiger partial charge in [-0.25, -0.2) is 4.79 Å². The van der Waals surface area contributed by atoms with Gasteiger partial charge >= 0.3 is 6.09 Å². The van der Waals surface area contributed by atoms with Gasteiger partial charge < -0.3 is 4.74 Å². The SMILES string of the molecule is CC(C)N1C(=O)OC[C@@H]1Cc1ccccc1. The van der Waals surface area contributed by atoms with E-state index in [9.17, 15) is 4.79 Å². The summed E-state index contributed by atoms with van der Waals surface area (Å²) in [6.07, 6.45) is 0.682. The van der Waals surface area contributed by atoms with Crippen LogP contribution in [0, 0.1) is 0 Å². The molecule has 0 aliphatic carbocycles. The Hall–Kier alpha value is -1.51. The van der Waals surface area contributed by atoms with Gasteiger partial charge in [-0.3, -0.25) is 4.90 Å². The van der Waals surface area contributed by atoms with Gasteiger partial charge in [0.2, 0.25) is 0 Å². The topological polar surface area (TPSA) is 29.5 Å². The van der Waals surface area contributed by atoms with Crippen LogP contribution < -0.4 is 0 Å². The number of rotatable bonds is 3. The minimum absolute atomic E-state index is 0.176. The summed E-state index contributed by atoms with van der Waals surface area (Å²) in [5, 5.41) is 0. The van der Waals surface area contributed by atoms with Crippen molar-refractivity contribution in [1.82, 2.24) is 4.90 Å². The zero-order valence-electron chi connectivity index (χ0n) is 9.72. The number of cyclic esters (lactones) is 1. The minimum atomic E-state index is -0.184. The monoisotopic (exact) mass is 219 g/mol. The van der Waals surface area contributed by atoms with E-state index >= 15 is 0 Å². The van der Waals surface area contributed by atoms with E-state index in [1.54, 1.807) is 0 Å². The van der Waals surface area contributed by atoms with Crippen LogP contribution in [0.3, 0.4) is 0 Å². The molecule has 1 saturated heterocycles. The number of hydrogen-bond acceptors (Lipinski definition) is 2. The molecule has 1 fully saturated rings. The molecule has 1 amide bonds. The van der Waals surface area contributed by atoms with Crippen LogP contribution in [0.1, 0.15) is 19.4 Å². The highest BCUT2D eigenvalue weighted by Gasteiger charge is 2.34. The Morgan fingerprint density at radius 2 is 2.06 bits per heavy atom. The summed E-state index contributed by atoms with van der Waals surface area (Å²) in [5.74, 6) is 0. The molecule has 2 rings (SSSR count). The minimum Gasteiger partial charge on any atom is -0.447 e. The van der Waals surface area contributed by atoms with Gasteiger partial charge in [0.1, 0.15) is 6.61 Å². The smallest absolute Gasteiger partial charge is 0.410 e. The zero-order valence-corrected chi connectivity index (χ0v) is 9.72. The summed E-state index contributed by atoms with van der Waals surface area (Å²) in [7, 11) is 0. The normalized spacial score (nSPS) is 20.3. The molecular weight excluding hydrogens is 202 g/mol. The van der Waals surface area contributed by atoms with Gasteiger partial charge in [0, 0.05) is 6.04 Å². The van der Waals surface area contributed by atoms with Crippen molar-refractivity contribution in [1.29, 1.82) is 0 Å². The van der Waals surface area contributed by atoms with Gasteiger partial charge in [0.25, 0.3) is 0 Å². The summed E-state index contributed by atoms with van der Waals surface area (Å²) in [6.45, 7) is 4.54. The predicted molar refractivity (Wildman–Crippen MR) is 62.3 cm³/mol. The Bertz CT molecular complexity index is 361. The first-order valence-corrected chi connectivity index (χ1v) is 5.67. The van der Waals surface area contributed by atoms with Gasteiger partial charge in [-0.1, -0.05) is 30.3 Å². The van der Waals surface area contributed by atoms with Crippen molar-refractivity contribution in [3.05, 3.63) is 35.9 Å². The highest BCUT2D eigenvalue weighted by atomic mass is 16.6. The van der Waals surface area contributed by atoms with Gasteiger partial charge in [-0.05, 0) is 25.8 Å². The maximum atomic E-state index is 11.5. The fourth-order valence-corrected chi connectivity index (χ4v) is 2.15. The van der Waals surface area contributed by atoms with Crippen LogP contribution in [0.15, 0.2) is 30.3 Å². The van der Waals surface area contributed by atoms with Crippen LogP contribution in [0.2, 0.25) is 0 Å². The fourth-order valence-electron chi connectivity index (χ4n) is 2.15. The third kappa shape index (κ3) is 2.18. The van der Waals surface area contributed by atoms with Gasteiger partial charge in [-0.2, -0.15) is 0 Å². The van der Waals surface area contributed by atoms with Crippen molar-refractivity contribution in [2.24, 2.45) is 0 Å². The highest BCUT2D eigenvalue weighted by molar-refractivity contribution is 5.70. The molecule has 0 N–H and O–H groups in total. The fraction of sp³-hybridized carbons (Fsp3) is 0.462. The predicted octanol–water partition coefficient (Wildman–Crippen LogP) is 2.46. The Kier molecular flexibility index (Phi) is 3.13. The summed E-state index contributed by atoms with van der Waals surface area (Å²) >= 11 is 0. The van der Waals surface area contributed by atoms with Crippen molar-refractivity contribution in [2.45, 2.75) is 32.4 Å². The van der Waals surface area contributed by atoms with Crippen molar-refractivity contribution < 1.29 is 9.53 Å². The molecule has 1 aliphatic heterocycles. The van der Waals surface area contributed by atoms with Crippen molar-refractivity contribution in [2.75, 3.05) is 6.61 Å². The van der Waals surface area contributed by atoms with Gasteiger partial charge in [0.15, 0.2) is 0 Å². The van der Waals surface area contributed by atoms with E-state index in [0.717, 1.165) is 6.42 Å². The molecule has 0 bridgehead atoms. The average Bonchev–Trinajstić information content (AvgIpc) is 2.61. The third-order valence-corrected chi connectivity index (χ3v) is 2.87. The third-order valence-electron chi connectivity index (χ3n) is 2.87. The van der Waals surface area contributed by atoms with Crippen molar-refractivity contribution in [3.63, 3.8) is 0 Å². The lowest BCUT2D eigenvalue weighted by atomic mass is 10.1. The second kappa shape index (κ2) is 4.56. The first-order valence-electron chi connectivity index (χ1n) is 5.67. The standard InChI is InChI=1S/C13H17NO2/c1-10(2)14-12(9-16-13(14)15)8-11-6-4-3-5-7-11/h3-7,10,12H,8-9H2,1-2H3/t12-/m0/s1. The first kappa shape index (κ1) is 11.0. The number of carbonyl (C=O) groups is 1. The molecule has 0 radical (unpaired) electrons. The van der Waals surface area contributed by atoms with Crippen molar-refractivity contribution >= 4 is 6.09 Å². The second-order valence-electron chi connectivity index (χ2n) is 4.42. The van der Waals surface area contributed by atoms with E-state index in [0.29, 0.717) is 6.61 Å². The summed E-state index contributed by atoms with van der Waals surface area (Å²) in [6, 6.07) is 10.6. The Morgan fingerprint density at radius 1 is 1.38 bits per heavy atom. The maximum absolute atomic E-state index is 11.5. The van der Waals surface area contributed by atoms with E-state index in [1.807, 2.05) is 36.9 Å². The lowest BCUT2D eigenvalue weighted by Crippen LogP contribution is -2.40. The largest absolute Gasteiger partial charge is 0.447 e. The molecule has 3 nitrogen and oxygen atoms in total. The molecule has 86 valence electrons. The van der Waals surface area contributed by atoms with E-state index in [4.69, 9.17) is 4.74 Å². The second-order valence-corrected chi connectivity index (χ2v) is 4.42. The Labute approximate surface area is 96.0 Å². The number of ether oxygens (including phenoxy) is 1. The van der Waals surface area contributed by atoms with Crippen LogP contribution in [-0.4, -0.2) is 29.7 Å². The summed E-state index contributed by atoms with van der Waals surface area (Å²) < 4.78 is 5.10. The van der Waals surface area contributed by atoms with Crippen LogP contribution in [0.4, 0.5) is 4.79 Å². The van der Waals surface area contributed by atoms with E-state index in [2.05, 4.69) is 12.1 Å². The zero-order chi connectivity index (χ0) is 11.5. The number of nitrogens with zero attached hydrogens (tertiary/aromatic N) is 1. The number of benzene rings is 1.